The normalized spacial score (nSPS) is 43.7. The fourth-order valence-corrected chi connectivity index (χ4v) is 3.22. The van der Waals surface area contributed by atoms with E-state index in [4.69, 9.17) is 5.11 Å². The van der Waals surface area contributed by atoms with Gasteiger partial charge in [-0.3, -0.25) is 4.79 Å². The SMILES string of the molecule is C[C@]12CCCCC1(O)NC(=O)[C@@H](CCO)C2. The van der Waals surface area contributed by atoms with Crippen molar-refractivity contribution in [1.29, 1.82) is 0 Å². The first-order chi connectivity index (χ1) is 7.51. The highest BCUT2D eigenvalue weighted by atomic mass is 16.3. The first kappa shape index (κ1) is 11.9. The van der Waals surface area contributed by atoms with E-state index in [0.717, 1.165) is 19.3 Å². The number of carbonyl (C=O) groups excluding carboxylic acids is 1. The molecule has 3 N–H and O–H groups in total. The maximum Gasteiger partial charge on any atom is 0.225 e. The summed E-state index contributed by atoms with van der Waals surface area (Å²) in [6.07, 6.45) is 4.87. The van der Waals surface area contributed by atoms with E-state index in [2.05, 4.69) is 12.2 Å². The summed E-state index contributed by atoms with van der Waals surface area (Å²) in [6, 6.07) is 0. The molecule has 0 radical (unpaired) electrons. The highest BCUT2D eigenvalue weighted by Gasteiger charge is 2.54. The van der Waals surface area contributed by atoms with Crippen LogP contribution in [0.15, 0.2) is 0 Å². The van der Waals surface area contributed by atoms with Crippen LogP contribution >= 0.6 is 0 Å². The second-order valence-electron chi connectivity index (χ2n) is 5.53. The number of fused-ring (bicyclic) bond motifs is 1. The summed E-state index contributed by atoms with van der Waals surface area (Å²) in [4.78, 5) is 11.8. The number of hydrogen-bond acceptors (Lipinski definition) is 3. The number of hydrogen-bond donors (Lipinski definition) is 3. The van der Waals surface area contributed by atoms with Gasteiger partial charge in [0.2, 0.25) is 5.91 Å². The molecule has 0 spiro atoms. The Balaban J connectivity index is 2.19. The Kier molecular flexibility index (Phi) is 2.97. The predicted molar refractivity (Wildman–Crippen MR) is 59.5 cm³/mol. The lowest BCUT2D eigenvalue weighted by atomic mass is 9.62. The van der Waals surface area contributed by atoms with Gasteiger partial charge in [0.05, 0.1) is 0 Å². The van der Waals surface area contributed by atoms with Crippen LogP contribution in [-0.4, -0.2) is 28.5 Å². The number of piperidine rings is 1. The maximum atomic E-state index is 11.8. The van der Waals surface area contributed by atoms with Crippen molar-refractivity contribution in [2.24, 2.45) is 11.3 Å². The average molecular weight is 227 g/mol. The topological polar surface area (TPSA) is 69.6 Å². The van der Waals surface area contributed by atoms with Crippen molar-refractivity contribution in [3.05, 3.63) is 0 Å². The van der Waals surface area contributed by atoms with Gasteiger partial charge in [0, 0.05) is 17.9 Å². The molecule has 0 aromatic heterocycles. The zero-order valence-electron chi connectivity index (χ0n) is 9.83. The Morgan fingerprint density at radius 2 is 2.12 bits per heavy atom. The van der Waals surface area contributed by atoms with E-state index in [0.29, 0.717) is 19.3 Å². The summed E-state index contributed by atoms with van der Waals surface area (Å²) < 4.78 is 0. The molecule has 1 heterocycles. The lowest BCUT2D eigenvalue weighted by Gasteiger charge is -2.53. The van der Waals surface area contributed by atoms with Crippen molar-refractivity contribution in [3.8, 4) is 0 Å². The van der Waals surface area contributed by atoms with Gasteiger partial charge in [0.15, 0.2) is 0 Å². The molecule has 1 saturated heterocycles. The standard InChI is InChI=1S/C12H21NO3/c1-11-5-2-3-6-12(11,16)13-10(15)9(8-11)4-7-14/h9,14,16H,2-8H2,1H3,(H,13,15)/t9-,11+,12?/m0/s1. The highest BCUT2D eigenvalue weighted by Crippen LogP contribution is 2.49. The molecule has 1 saturated carbocycles. The highest BCUT2D eigenvalue weighted by molar-refractivity contribution is 5.80. The van der Waals surface area contributed by atoms with Crippen molar-refractivity contribution >= 4 is 5.91 Å². The van der Waals surface area contributed by atoms with Gasteiger partial charge in [-0.1, -0.05) is 13.3 Å². The number of rotatable bonds is 2. The first-order valence-corrected chi connectivity index (χ1v) is 6.16. The van der Waals surface area contributed by atoms with E-state index >= 15 is 0 Å². The van der Waals surface area contributed by atoms with Crippen molar-refractivity contribution in [1.82, 2.24) is 5.32 Å². The molecule has 0 bridgehead atoms. The van der Waals surface area contributed by atoms with E-state index in [9.17, 15) is 9.90 Å². The van der Waals surface area contributed by atoms with Gasteiger partial charge in [0.25, 0.3) is 0 Å². The minimum atomic E-state index is -1.02. The Bertz CT molecular complexity index is 294. The molecule has 2 fully saturated rings. The summed E-state index contributed by atoms with van der Waals surface area (Å²) >= 11 is 0. The molecule has 2 aliphatic rings. The lowest BCUT2D eigenvalue weighted by Crippen LogP contribution is -2.66. The van der Waals surface area contributed by atoms with Gasteiger partial charge in [-0.2, -0.15) is 0 Å². The van der Waals surface area contributed by atoms with E-state index in [1.165, 1.54) is 0 Å². The third-order valence-electron chi connectivity index (χ3n) is 4.39. The molecule has 4 heteroatoms. The summed E-state index contributed by atoms with van der Waals surface area (Å²) in [6.45, 7) is 2.09. The molecule has 1 aliphatic heterocycles. The molecule has 3 atom stereocenters. The Hall–Kier alpha value is -0.610. The van der Waals surface area contributed by atoms with Crippen molar-refractivity contribution in [2.75, 3.05) is 6.61 Å². The first-order valence-electron chi connectivity index (χ1n) is 6.16. The second-order valence-corrected chi connectivity index (χ2v) is 5.53. The Morgan fingerprint density at radius 3 is 2.81 bits per heavy atom. The third-order valence-corrected chi connectivity index (χ3v) is 4.39. The second kappa shape index (κ2) is 4.00. The number of aliphatic hydroxyl groups excluding tert-OH is 1. The van der Waals surface area contributed by atoms with Gasteiger partial charge in [-0.25, -0.2) is 0 Å². The van der Waals surface area contributed by atoms with E-state index in [-0.39, 0.29) is 23.8 Å². The number of aliphatic hydroxyl groups is 2. The summed E-state index contributed by atoms with van der Waals surface area (Å²) in [5.41, 5.74) is -1.24. The number of carbonyl (C=O) groups is 1. The molecule has 1 unspecified atom stereocenters. The molecule has 2 rings (SSSR count). The number of amides is 1. The van der Waals surface area contributed by atoms with Crippen LogP contribution in [0.3, 0.4) is 0 Å². The van der Waals surface area contributed by atoms with Crippen LogP contribution in [0.5, 0.6) is 0 Å². The Morgan fingerprint density at radius 1 is 1.44 bits per heavy atom. The molecule has 0 aromatic rings. The van der Waals surface area contributed by atoms with Gasteiger partial charge < -0.3 is 15.5 Å². The van der Waals surface area contributed by atoms with E-state index in [1.54, 1.807) is 0 Å². The molecular formula is C12H21NO3. The Labute approximate surface area is 96.0 Å². The van der Waals surface area contributed by atoms with Crippen LogP contribution in [-0.2, 0) is 4.79 Å². The van der Waals surface area contributed by atoms with E-state index in [1.807, 2.05) is 0 Å². The monoisotopic (exact) mass is 227 g/mol. The van der Waals surface area contributed by atoms with Gasteiger partial charge in [-0.15, -0.1) is 0 Å². The average Bonchev–Trinajstić information content (AvgIpc) is 2.21. The smallest absolute Gasteiger partial charge is 0.225 e. The van der Waals surface area contributed by atoms with Crippen LogP contribution in [0.4, 0.5) is 0 Å². The minimum absolute atomic E-state index is 0.0343. The van der Waals surface area contributed by atoms with Crippen molar-refractivity contribution in [3.63, 3.8) is 0 Å². The molecular weight excluding hydrogens is 206 g/mol. The van der Waals surface area contributed by atoms with Gasteiger partial charge >= 0.3 is 0 Å². The fourth-order valence-electron chi connectivity index (χ4n) is 3.22. The van der Waals surface area contributed by atoms with Crippen molar-refractivity contribution in [2.45, 2.75) is 51.2 Å². The largest absolute Gasteiger partial charge is 0.396 e. The van der Waals surface area contributed by atoms with Crippen molar-refractivity contribution < 1.29 is 15.0 Å². The van der Waals surface area contributed by atoms with Gasteiger partial charge in [0.1, 0.15) is 5.72 Å². The summed E-state index contributed by atoms with van der Waals surface area (Å²) in [5.74, 6) is -0.246. The molecule has 92 valence electrons. The van der Waals surface area contributed by atoms with E-state index < -0.39 is 5.72 Å². The molecule has 1 aliphatic carbocycles. The zero-order valence-corrected chi connectivity index (χ0v) is 9.83. The predicted octanol–water partition coefficient (Wildman–Crippen LogP) is 0.774. The quantitative estimate of drug-likeness (QED) is 0.652. The number of nitrogens with one attached hydrogen (secondary N) is 1. The van der Waals surface area contributed by atoms with Crippen LogP contribution < -0.4 is 5.32 Å². The summed E-state index contributed by atoms with van der Waals surface area (Å²) in [7, 11) is 0. The third kappa shape index (κ3) is 1.74. The van der Waals surface area contributed by atoms with Crippen LogP contribution in [0.25, 0.3) is 0 Å². The minimum Gasteiger partial charge on any atom is -0.396 e. The van der Waals surface area contributed by atoms with Gasteiger partial charge in [-0.05, 0) is 32.1 Å². The fraction of sp³-hybridized carbons (Fsp3) is 0.917. The molecule has 1 amide bonds. The molecule has 16 heavy (non-hydrogen) atoms. The maximum absolute atomic E-state index is 11.8. The van der Waals surface area contributed by atoms with Crippen LogP contribution in [0.1, 0.15) is 45.4 Å². The van der Waals surface area contributed by atoms with Crippen LogP contribution in [0, 0.1) is 11.3 Å². The zero-order chi connectivity index (χ0) is 11.8. The lowest BCUT2D eigenvalue weighted by molar-refractivity contribution is -0.178. The summed E-state index contributed by atoms with van der Waals surface area (Å²) in [5, 5.41) is 22.2. The van der Waals surface area contributed by atoms with Crippen LogP contribution in [0.2, 0.25) is 0 Å². The molecule has 4 nitrogen and oxygen atoms in total. The molecule has 0 aromatic carbocycles.